The molecule has 0 saturated carbocycles. The summed E-state index contributed by atoms with van der Waals surface area (Å²) < 4.78 is 5.38. The first-order chi connectivity index (χ1) is 11.4. The van der Waals surface area contributed by atoms with Crippen LogP contribution in [0.2, 0.25) is 0 Å². The summed E-state index contributed by atoms with van der Waals surface area (Å²) in [6.07, 6.45) is 0.601. The molecule has 2 aromatic carbocycles. The van der Waals surface area contributed by atoms with E-state index in [1.54, 1.807) is 7.11 Å². The molecule has 0 aromatic heterocycles. The third kappa shape index (κ3) is 5.76. The summed E-state index contributed by atoms with van der Waals surface area (Å²) in [5.74, 6) is 0.791. The van der Waals surface area contributed by atoms with Gasteiger partial charge in [0.2, 0.25) is 5.91 Å². The van der Waals surface area contributed by atoms with Gasteiger partial charge in [-0.15, -0.1) is 12.4 Å². The van der Waals surface area contributed by atoms with Crippen LogP contribution in [-0.2, 0) is 11.2 Å². The molecule has 2 aromatic rings. The fourth-order valence-corrected chi connectivity index (χ4v) is 2.67. The summed E-state index contributed by atoms with van der Waals surface area (Å²) in [6, 6.07) is 17.4. The molecule has 1 unspecified atom stereocenters. The number of hydrogen-bond donors (Lipinski definition) is 2. The SMILES string of the molecule is COc1ccccc1CC(C)(C)C(=O)NCC(N)c1ccccc1.Cl. The van der Waals surface area contributed by atoms with Gasteiger partial charge in [0.05, 0.1) is 7.11 Å². The average Bonchev–Trinajstić information content (AvgIpc) is 2.60. The van der Waals surface area contributed by atoms with Crippen LogP contribution in [0.25, 0.3) is 0 Å². The van der Waals surface area contributed by atoms with Gasteiger partial charge in [-0.05, 0) is 23.6 Å². The quantitative estimate of drug-likeness (QED) is 0.792. The van der Waals surface area contributed by atoms with Gasteiger partial charge in [-0.25, -0.2) is 0 Å². The number of halogens is 1. The molecule has 0 heterocycles. The van der Waals surface area contributed by atoms with Crippen LogP contribution in [0, 0.1) is 5.41 Å². The summed E-state index contributed by atoms with van der Waals surface area (Å²) >= 11 is 0. The van der Waals surface area contributed by atoms with Crippen LogP contribution in [0.15, 0.2) is 54.6 Å². The van der Waals surface area contributed by atoms with Crippen molar-refractivity contribution in [1.29, 1.82) is 0 Å². The van der Waals surface area contributed by atoms with Gasteiger partial charge in [0, 0.05) is 18.0 Å². The molecule has 1 atom stereocenters. The van der Waals surface area contributed by atoms with Crippen molar-refractivity contribution in [2.24, 2.45) is 11.1 Å². The highest BCUT2D eigenvalue weighted by Gasteiger charge is 2.29. The van der Waals surface area contributed by atoms with Crippen LogP contribution >= 0.6 is 12.4 Å². The number of carbonyl (C=O) groups excluding carboxylic acids is 1. The van der Waals surface area contributed by atoms with Crippen molar-refractivity contribution in [3.8, 4) is 5.75 Å². The molecule has 0 aliphatic heterocycles. The summed E-state index contributed by atoms with van der Waals surface area (Å²) in [5, 5.41) is 2.97. The third-order valence-corrected chi connectivity index (χ3v) is 4.15. The minimum atomic E-state index is -0.551. The van der Waals surface area contributed by atoms with Crippen molar-refractivity contribution >= 4 is 18.3 Å². The molecule has 2 rings (SSSR count). The number of benzene rings is 2. The van der Waals surface area contributed by atoms with Crippen LogP contribution in [0.4, 0.5) is 0 Å². The van der Waals surface area contributed by atoms with Gasteiger partial charge in [-0.3, -0.25) is 4.79 Å². The van der Waals surface area contributed by atoms with Crippen molar-refractivity contribution in [1.82, 2.24) is 5.32 Å². The minimum Gasteiger partial charge on any atom is -0.496 e. The number of carbonyl (C=O) groups is 1. The molecule has 0 spiro atoms. The van der Waals surface area contributed by atoms with Crippen molar-refractivity contribution in [2.75, 3.05) is 13.7 Å². The minimum absolute atomic E-state index is 0. The third-order valence-electron chi connectivity index (χ3n) is 4.15. The van der Waals surface area contributed by atoms with E-state index in [2.05, 4.69) is 5.32 Å². The van der Waals surface area contributed by atoms with E-state index in [4.69, 9.17) is 10.5 Å². The predicted octanol–water partition coefficient (Wildman–Crippen LogP) is 3.50. The van der Waals surface area contributed by atoms with Gasteiger partial charge < -0.3 is 15.8 Å². The van der Waals surface area contributed by atoms with Gasteiger partial charge in [0.1, 0.15) is 5.75 Å². The molecule has 25 heavy (non-hydrogen) atoms. The van der Waals surface area contributed by atoms with Crippen LogP contribution < -0.4 is 15.8 Å². The first kappa shape index (κ1) is 21.0. The first-order valence-corrected chi connectivity index (χ1v) is 8.15. The Labute approximate surface area is 156 Å². The zero-order chi connectivity index (χ0) is 17.6. The Morgan fingerprint density at radius 1 is 1.12 bits per heavy atom. The number of para-hydroxylation sites is 1. The molecule has 1 amide bonds. The Kier molecular flexibility index (Phi) is 7.94. The summed E-state index contributed by atoms with van der Waals surface area (Å²) in [4.78, 5) is 12.6. The molecule has 4 nitrogen and oxygen atoms in total. The molecule has 0 bridgehead atoms. The maximum absolute atomic E-state index is 12.6. The second-order valence-corrected chi connectivity index (χ2v) is 6.60. The zero-order valence-corrected chi connectivity index (χ0v) is 15.8. The highest BCUT2D eigenvalue weighted by atomic mass is 35.5. The van der Waals surface area contributed by atoms with Gasteiger partial charge in [0.15, 0.2) is 0 Å². The maximum Gasteiger partial charge on any atom is 0.226 e. The Morgan fingerprint density at radius 2 is 1.72 bits per heavy atom. The van der Waals surface area contributed by atoms with Crippen molar-refractivity contribution in [2.45, 2.75) is 26.3 Å². The molecular formula is C20H27ClN2O2. The number of rotatable bonds is 7. The predicted molar refractivity (Wildman–Crippen MR) is 104 cm³/mol. The van der Waals surface area contributed by atoms with Crippen LogP contribution in [0.1, 0.15) is 31.0 Å². The molecule has 0 aliphatic rings. The summed E-state index contributed by atoms with van der Waals surface area (Å²) in [7, 11) is 1.64. The molecule has 0 radical (unpaired) electrons. The Morgan fingerprint density at radius 3 is 2.36 bits per heavy atom. The van der Waals surface area contributed by atoms with Crippen LogP contribution in [-0.4, -0.2) is 19.6 Å². The number of amides is 1. The molecule has 0 saturated heterocycles. The van der Waals surface area contributed by atoms with Gasteiger partial charge in [-0.1, -0.05) is 62.4 Å². The number of hydrogen-bond acceptors (Lipinski definition) is 3. The zero-order valence-electron chi connectivity index (χ0n) is 15.0. The Hall–Kier alpha value is -2.04. The summed E-state index contributed by atoms with van der Waals surface area (Å²) in [5.41, 5.74) is 7.63. The van der Waals surface area contributed by atoms with E-state index in [-0.39, 0.29) is 24.4 Å². The average molecular weight is 363 g/mol. The fraction of sp³-hybridized carbons (Fsp3) is 0.350. The number of nitrogens with one attached hydrogen (secondary N) is 1. The lowest BCUT2D eigenvalue weighted by atomic mass is 9.84. The molecule has 0 aliphatic carbocycles. The standard InChI is InChI=1S/C20H26N2O2.ClH/c1-20(2,13-16-11-7-8-12-18(16)24-3)19(23)22-14-17(21)15-9-5-4-6-10-15;/h4-12,17H,13-14,21H2,1-3H3,(H,22,23);1H. The second kappa shape index (κ2) is 9.44. The van der Waals surface area contributed by atoms with E-state index in [1.807, 2.05) is 68.4 Å². The second-order valence-electron chi connectivity index (χ2n) is 6.60. The highest BCUT2D eigenvalue weighted by Crippen LogP contribution is 2.28. The van der Waals surface area contributed by atoms with Gasteiger partial charge in [-0.2, -0.15) is 0 Å². The number of methoxy groups -OCH3 is 1. The van der Waals surface area contributed by atoms with Crippen molar-refractivity contribution < 1.29 is 9.53 Å². The van der Waals surface area contributed by atoms with E-state index >= 15 is 0 Å². The topological polar surface area (TPSA) is 64.3 Å². The molecular weight excluding hydrogens is 336 g/mol. The molecule has 136 valence electrons. The number of ether oxygens (including phenoxy) is 1. The lowest BCUT2D eigenvalue weighted by molar-refractivity contribution is -0.129. The molecule has 5 heteroatoms. The number of nitrogens with two attached hydrogens (primary N) is 1. The van der Waals surface area contributed by atoms with Gasteiger partial charge >= 0.3 is 0 Å². The van der Waals surface area contributed by atoms with Crippen LogP contribution in [0.5, 0.6) is 5.75 Å². The van der Waals surface area contributed by atoms with E-state index in [0.29, 0.717) is 13.0 Å². The monoisotopic (exact) mass is 362 g/mol. The fourth-order valence-electron chi connectivity index (χ4n) is 2.67. The van der Waals surface area contributed by atoms with E-state index < -0.39 is 5.41 Å². The van der Waals surface area contributed by atoms with Crippen LogP contribution in [0.3, 0.4) is 0 Å². The van der Waals surface area contributed by atoms with E-state index in [0.717, 1.165) is 16.9 Å². The molecule has 0 fully saturated rings. The normalized spacial score (nSPS) is 12.0. The lowest BCUT2D eigenvalue weighted by Crippen LogP contribution is -2.41. The van der Waals surface area contributed by atoms with Crippen molar-refractivity contribution in [3.05, 3.63) is 65.7 Å². The van der Waals surface area contributed by atoms with Crippen molar-refractivity contribution in [3.63, 3.8) is 0 Å². The smallest absolute Gasteiger partial charge is 0.226 e. The molecule has 3 N–H and O–H groups in total. The van der Waals surface area contributed by atoms with E-state index in [9.17, 15) is 4.79 Å². The largest absolute Gasteiger partial charge is 0.496 e. The summed E-state index contributed by atoms with van der Waals surface area (Å²) in [6.45, 7) is 4.28. The Balaban J connectivity index is 0.00000312. The van der Waals surface area contributed by atoms with E-state index in [1.165, 1.54) is 0 Å². The highest BCUT2D eigenvalue weighted by molar-refractivity contribution is 5.85. The van der Waals surface area contributed by atoms with Gasteiger partial charge in [0.25, 0.3) is 0 Å². The first-order valence-electron chi connectivity index (χ1n) is 8.15. The lowest BCUT2D eigenvalue weighted by Gasteiger charge is -2.25. The maximum atomic E-state index is 12.6. The Bertz CT molecular complexity index is 674.